The molecule has 0 spiro atoms. The molecule has 0 bridgehead atoms. The predicted octanol–water partition coefficient (Wildman–Crippen LogP) is 7.83. The number of nitrogens with zero attached hydrogens (tertiary/aromatic N) is 1. The molecule has 0 unspecified atom stereocenters. The van der Waals surface area contributed by atoms with Crippen LogP contribution in [0.3, 0.4) is 0 Å². The van der Waals surface area contributed by atoms with Crippen LogP contribution in [0.25, 0.3) is 16.8 Å². The van der Waals surface area contributed by atoms with Crippen LogP contribution in [0.4, 0.5) is 5.69 Å². The third-order valence-corrected chi connectivity index (χ3v) is 6.81. The summed E-state index contributed by atoms with van der Waals surface area (Å²) in [5.74, 6) is 0.278. The molecule has 7 heteroatoms. The standard InChI is InChI=1S/C27H17ClI2N2O2/c28-22-6-3-7-23(14-22)32-27(33)21(15-31)11-18-12-24(29)26(25(30)13-18)34-16-17-8-9-19-4-1-2-5-20(19)10-17/h1-14H,16H2,(H,32,33)/b21-11+. The fraction of sp³-hybridized carbons (Fsp3) is 0.0370. The first-order chi connectivity index (χ1) is 16.4. The van der Waals surface area contributed by atoms with Crippen molar-refractivity contribution in [1.29, 1.82) is 5.26 Å². The van der Waals surface area contributed by atoms with Crippen molar-refractivity contribution >= 4 is 85.2 Å². The van der Waals surface area contributed by atoms with E-state index in [4.69, 9.17) is 16.3 Å². The van der Waals surface area contributed by atoms with Gasteiger partial charge in [-0.15, -0.1) is 0 Å². The first-order valence-electron chi connectivity index (χ1n) is 10.2. The number of carbonyl (C=O) groups excluding carboxylic acids is 1. The Labute approximate surface area is 229 Å². The van der Waals surface area contributed by atoms with Crippen molar-refractivity contribution in [2.24, 2.45) is 0 Å². The molecule has 4 rings (SSSR count). The smallest absolute Gasteiger partial charge is 0.266 e. The quantitative estimate of drug-likeness (QED) is 0.128. The van der Waals surface area contributed by atoms with E-state index >= 15 is 0 Å². The molecule has 0 fully saturated rings. The number of nitrogens with one attached hydrogen (secondary N) is 1. The van der Waals surface area contributed by atoms with Crippen molar-refractivity contribution in [3.8, 4) is 11.8 Å². The Morgan fingerprint density at radius 1 is 0.971 bits per heavy atom. The fourth-order valence-electron chi connectivity index (χ4n) is 3.36. The zero-order valence-electron chi connectivity index (χ0n) is 17.7. The number of benzene rings is 4. The predicted molar refractivity (Wildman–Crippen MR) is 154 cm³/mol. The number of hydrogen-bond acceptors (Lipinski definition) is 3. The number of fused-ring (bicyclic) bond motifs is 1. The molecule has 0 aliphatic rings. The summed E-state index contributed by atoms with van der Waals surface area (Å²) >= 11 is 10.4. The Morgan fingerprint density at radius 2 is 1.71 bits per heavy atom. The Kier molecular flexibility index (Phi) is 8.08. The van der Waals surface area contributed by atoms with Crippen LogP contribution in [0.15, 0.2) is 84.4 Å². The first-order valence-corrected chi connectivity index (χ1v) is 12.7. The highest BCUT2D eigenvalue weighted by atomic mass is 127. The minimum atomic E-state index is -0.494. The summed E-state index contributed by atoms with van der Waals surface area (Å²) in [6.45, 7) is 0.442. The number of rotatable bonds is 6. The average molecular weight is 691 g/mol. The minimum Gasteiger partial charge on any atom is -0.487 e. The van der Waals surface area contributed by atoms with E-state index in [-0.39, 0.29) is 5.57 Å². The number of halogens is 3. The maximum Gasteiger partial charge on any atom is 0.266 e. The lowest BCUT2D eigenvalue weighted by Crippen LogP contribution is -2.13. The normalized spacial score (nSPS) is 11.2. The number of amides is 1. The summed E-state index contributed by atoms with van der Waals surface area (Å²) in [5.41, 5.74) is 2.35. The van der Waals surface area contributed by atoms with E-state index in [1.807, 2.05) is 30.3 Å². The molecule has 0 atom stereocenters. The largest absolute Gasteiger partial charge is 0.487 e. The summed E-state index contributed by atoms with van der Waals surface area (Å²) in [4.78, 5) is 12.6. The zero-order valence-corrected chi connectivity index (χ0v) is 22.8. The number of ether oxygens (including phenoxy) is 1. The lowest BCUT2D eigenvalue weighted by atomic mass is 10.1. The van der Waals surface area contributed by atoms with Gasteiger partial charge < -0.3 is 10.1 Å². The van der Waals surface area contributed by atoms with Crippen molar-refractivity contribution in [3.05, 3.63) is 108 Å². The van der Waals surface area contributed by atoms with Gasteiger partial charge in [0.25, 0.3) is 5.91 Å². The van der Waals surface area contributed by atoms with E-state index in [0.717, 1.165) is 24.0 Å². The Hall–Kier alpha value is -2.61. The van der Waals surface area contributed by atoms with E-state index in [2.05, 4.69) is 80.8 Å². The van der Waals surface area contributed by atoms with Crippen LogP contribution in [-0.4, -0.2) is 5.91 Å². The third-order valence-electron chi connectivity index (χ3n) is 4.98. The van der Waals surface area contributed by atoms with Gasteiger partial charge in [0.15, 0.2) is 0 Å². The first kappa shape index (κ1) is 24.5. The summed E-state index contributed by atoms with van der Waals surface area (Å²) < 4.78 is 7.92. The Bertz CT molecular complexity index is 1440. The molecule has 4 aromatic carbocycles. The van der Waals surface area contributed by atoms with Crippen molar-refractivity contribution in [2.45, 2.75) is 6.61 Å². The second-order valence-corrected chi connectivity index (χ2v) is 10.2. The number of nitriles is 1. The van der Waals surface area contributed by atoms with Crippen LogP contribution in [0.1, 0.15) is 11.1 Å². The summed E-state index contributed by atoms with van der Waals surface area (Å²) in [5, 5.41) is 15.1. The number of anilines is 1. The fourth-order valence-corrected chi connectivity index (χ4v) is 5.68. The Balaban J connectivity index is 1.50. The van der Waals surface area contributed by atoms with Gasteiger partial charge in [0, 0.05) is 10.7 Å². The topological polar surface area (TPSA) is 62.1 Å². The van der Waals surface area contributed by atoms with Gasteiger partial charge in [0.1, 0.15) is 24.0 Å². The van der Waals surface area contributed by atoms with Gasteiger partial charge in [0.05, 0.1) is 7.14 Å². The zero-order chi connectivity index (χ0) is 24.1. The lowest BCUT2D eigenvalue weighted by Gasteiger charge is -2.12. The van der Waals surface area contributed by atoms with Gasteiger partial charge in [-0.2, -0.15) is 5.26 Å². The monoisotopic (exact) mass is 690 g/mol. The second kappa shape index (κ2) is 11.2. The molecule has 0 radical (unpaired) electrons. The van der Waals surface area contributed by atoms with Crippen LogP contribution >= 0.6 is 56.8 Å². The minimum absolute atomic E-state index is 0.00333. The van der Waals surface area contributed by atoms with Crippen LogP contribution in [-0.2, 0) is 11.4 Å². The molecular weight excluding hydrogens is 674 g/mol. The van der Waals surface area contributed by atoms with E-state index in [0.29, 0.717) is 17.3 Å². The summed E-state index contributed by atoms with van der Waals surface area (Å²) in [6, 6.07) is 27.1. The van der Waals surface area contributed by atoms with Gasteiger partial charge in [0.2, 0.25) is 0 Å². The lowest BCUT2D eigenvalue weighted by molar-refractivity contribution is -0.112. The molecule has 0 saturated heterocycles. The molecule has 0 heterocycles. The highest BCUT2D eigenvalue weighted by Crippen LogP contribution is 2.31. The highest BCUT2D eigenvalue weighted by molar-refractivity contribution is 14.1. The van der Waals surface area contributed by atoms with Crippen LogP contribution in [0.2, 0.25) is 5.02 Å². The molecule has 0 aliphatic carbocycles. The average Bonchev–Trinajstić information content (AvgIpc) is 2.82. The molecule has 0 saturated carbocycles. The van der Waals surface area contributed by atoms with Crippen LogP contribution < -0.4 is 10.1 Å². The van der Waals surface area contributed by atoms with Crippen molar-refractivity contribution in [1.82, 2.24) is 0 Å². The maximum absolute atomic E-state index is 12.6. The molecule has 0 aromatic heterocycles. The SMILES string of the molecule is N#C/C(=C\c1cc(I)c(OCc2ccc3ccccc3c2)c(I)c1)C(=O)Nc1cccc(Cl)c1. The molecule has 0 aliphatic heterocycles. The van der Waals surface area contributed by atoms with Crippen molar-refractivity contribution in [3.63, 3.8) is 0 Å². The van der Waals surface area contributed by atoms with Crippen molar-refractivity contribution < 1.29 is 9.53 Å². The second-order valence-electron chi connectivity index (χ2n) is 7.42. The summed E-state index contributed by atoms with van der Waals surface area (Å²) in [7, 11) is 0. The Morgan fingerprint density at radius 3 is 2.41 bits per heavy atom. The van der Waals surface area contributed by atoms with Gasteiger partial charge >= 0.3 is 0 Å². The maximum atomic E-state index is 12.6. The van der Waals surface area contributed by atoms with Gasteiger partial charge in [-0.05, 0) is 110 Å². The van der Waals surface area contributed by atoms with Gasteiger partial charge in [-0.3, -0.25) is 4.79 Å². The van der Waals surface area contributed by atoms with E-state index in [9.17, 15) is 10.1 Å². The summed E-state index contributed by atoms with van der Waals surface area (Å²) in [6.07, 6.45) is 1.57. The molecular formula is C27H17ClI2N2O2. The van der Waals surface area contributed by atoms with Crippen molar-refractivity contribution in [2.75, 3.05) is 5.32 Å². The molecule has 1 N–H and O–H groups in total. The molecule has 34 heavy (non-hydrogen) atoms. The number of hydrogen-bond donors (Lipinski definition) is 1. The molecule has 4 nitrogen and oxygen atoms in total. The number of carbonyl (C=O) groups is 1. The van der Waals surface area contributed by atoms with E-state index in [1.165, 1.54) is 10.8 Å². The van der Waals surface area contributed by atoms with Gasteiger partial charge in [-0.1, -0.05) is 54.1 Å². The van der Waals surface area contributed by atoms with E-state index < -0.39 is 5.91 Å². The van der Waals surface area contributed by atoms with Crippen LogP contribution in [0.5, 0.6) is 5.75 Å². The molecule has 4 aromatic rings. The van der Waals surface area contributed by atoms with Crippen LogP contribution in [0, 0.1) is 18.5 Å². The van der Waals surface area contributed by atoms with Gasteiger partial charge in [-0.25, -0.2) is 0 Å². The molecule has 168 valence electrons. The highest BCUT2D eigenvalue weighted by Gasteiger charge is 2.13. The third kappa shape index (κ3) is 6.09. The molecule has 1 amide bonds. The van der Waals surface area contributed by atoms with E-state index in [1.54, 1.807) is 30.3 Å².